The van der Waals surface area contributed by atoms with E-state index in [2.05, 4.69) is 15.5 Å². The molecule has 92 valence electrons. The molecule has 2 aromatic rings. The van der Waals surface area contributed by atoms with Crippen molar-refractivity contribution in [2.24, 2.45) is 0 Å². The van der Waals surface area contributed by atoms with Crippen molar-refractivity contribution in [1.29, 1.82) is 0 Å². The number of H-pyrrole nitrogens is 1. The molecule has 1 aromatic heterocycles. The molecule has 18 heavy (non-hydrogen) atoms. The van der Waals surface area contributed by atoms with Crippen LogP contribution in [0.25, 0.3) is 0 Å². The molecule has 0 aliphatic carbocycles. The van der Waals surface area contributed by atoms with E-state index < -0.39 is 0 Å². The quantitative estimate of drug-likeness (QED) is 0.831. The highest BCUT2D eigenvalue weighted by atomic mass is 16.2. The second kappa shape index (κ2) is 5.77. The van der Waals surface area contributed by atoms with Gasteiger partial charge in [-0.1, -0.05) is 30.3 Å². The Labute approximate surface area is 104 Å². The second-order valence-electron chi connectivity index (χ2n) is 3.80. The van der Waals surface area contributed by atoms with Gasteiger partial charge in [-0.25, -0.2) is 5.10 Å². The third-order valence-electron chi connectivity index (χ3n) is 2.45. The summed E-state index contributed by atoms with van der Waals surface area (Å²) in [6, 6.07) is 12.6. The summed E-state index contributed by atoms with van der Waals surface area (Å²) in [4.78, 5) is 22.4. The fourth-order valence-electron chi connectivity index (χ4n) is 1.53. The molecule has 0 aliphatic heterocycles. The number of benzene rings is 1. The fraction of sp³-hybridized carbons (Fsp3) is 0.154. The summed E-state index contributed by atoms with van der Waals surface area (Å²) < 4.78 is 0. The van der Waals surface area contributed by atoms with E-state index in [0.717, 1.165) is 12.0 Å². The van der Waals surface area contributed by atoms with Gasteiger partial charge in [-0.3, -0.25) is 9.59 Å². The van der Waals surface area contributed by atoms with Gasteiger partial charge in [-0.15, -0.1) is 0 Å². The van der Waals surface area contributed by atoms with Gasteiger partial charge in [0.05, 0.1) is 0 Å². The highest BCUT2D eigenvalue weighted by molar-refractivity contribution is 5.91. The largest absolute Gasteiger partial charge is 0.350 e. The van der Waals surface area contributed by atoms with Crippen molar-refractivity contribution in [3.63, 3.8) is 0 Å². The van der Waals surface area contributed by atoms with Crippen LogP contribution in [-0.4, -0.2) is 22.6 Å². The van der Waals surface area contributed by atoms with Crippen LogP contribution in [0.15, 0.2) is 47.3 Å². The van der Waals surface area contributed by atoms with Crippen LogP contribution in [0.5, 0.6) is 0 Å². The van der Waals surface area contributed by atoms with Gasteiger partial charge in [0.2, 0.25) is 0 Å². The molecule has 0 atom stereocenters. The minimum absolute atomic E-state index is 0.211. The maximum Gasteiger partial charge on any atom is 0.271 e. The molecule has 0 saturated heterocycles. The number of carbonyl (C=O) groups excluding carboxylic acids is 1. The average Bonchev–Trinajstić information content (AvgIpc) is 2.40. The Bertz CT molecular complexity index is 558. The molecule has 2 rings (SSSR count). The first-order valence-corrected chi connectivity index (χ1v) is 5.63. The maximum absolute atomic E-state index is 11.7. The number of nitrogens with zero attached hydrogens (tertiary/aromatic N) is 1. The molecule has 0 radical (unpaired) electrons. The minimum Gasteiger partial charge on any atom is -0.350 e. The Morgan fingerprint density at radius 2 is 1.94 bits per heavy atom. The molecule has 0 unspecified atom stereocenters. The van der Waals surface area contributed by atoms with Crippen LogP contribution >= 0.6 is 0 Å². The Morgan fingerprint density at radius 1 is 1.17 bits per heavy atom. The summed E-state index contributed by atoms with van der Waals surface area (Å²) in [6.07, 6.45) is 0.760. The van der Waals surface area contributed by atoms with Crippen molar-refractivity contribution < 1.29 is 4.79 Å². The summed E-state index contributed by atoms with van der Waals surface area (Å²) >= 11 is 0. The molecular formula is C13H13N3O2. The normalized spacial score (nSPS) is 10.0. The van der Waals surface area contributed by atoms with Crippen LogP contribution in [0.1, 0.15) is 16.1 Å². The van der Waals surface area contributed by atoms with Gasteiger partial charge in [0, 0.05) is 12.6 Å². The van der Waals surface area contributed by atoms with E-state index in [0.29, 0.717) is 6.54 Å². The number of hydrogen-bond donors (Lipinski definition) is 2. The van der Waals surface area contributed by atoms with Crippen molar-refractivity contribution in [3.8, 4) is 0 Å². The molecule has 1 aromatic carbocycles. The smallest absolute Gasteiger partial charge is 0.271 e. The number of hydrogen-bond acceptors (Lipinski definition) is 3. The molecule has 0 aliphatic rings. The first-order chi connectivity index (χ1) is 8.75. The first-order valence-electron chi connectivity index (χ1n) is 5.63. The SMILES string of the molecule is O=C(NCCc1ccccc1)c1ccc(=O)[nH]n1. The van der Waals surface area contributed by atoms with Crippen LogP contribution < -0.4 is 10.9 Å². The lowest BCUT2D eigenvalue weighted by Crippen LogP contribution is -2.27. The van der Waals surface area contributed by atoms with Crippen molar-refractivity contribution >= 4 is 5.91 Å². The van der Waals surface area contributed by atoms with Crippen molar-refractivity contribution in [2.45, 2.75) is 6.42 Å². The number of carbonyl (C=O) groups is 1. The number of aromatic nitrogens is 2. The average molecular weight is 243 g/mol. The summed E-state index contributed by atoms with van der Waals surface area (Å²) in [5, 5.41) is 8.62. The van der Waals surface area contributed by atoms with Gasteiger partial charge in [0.25, 0.3) is 11.5 Å². The number of amides is 1. The molecule has 5 heteroatoms. The summed E-state index contributed by atoms with van der Waals surface area (Å²) in [6.45, 7) is 0.531. The molecule has 5 nitrogen and oxygen atoms in total. The highest BCUT2D eigenvalue weighted by Gasteiger charge is 2.05. The molecule has 0 saturated carbocycles. The van der Waals surface area contributed by atoms with Gasteiger partial charge in [0.15, 0.2) is 0 Å². The van der Waals surface area contributed by atoms with E-state index in [1.165, 1.54) is 12.1 Å². The monoisotopic (exact) mass is 243 g/mol. The lowest BCUT2D eigenvalue weighted by atomic mass is 10.1. The minimum atomic E-state index is -0.323. The van der Waals surface area contributed by atoms with Crippen LogP contribution in [0.4, 0.5) is 0 Å². The summed E-state index contributed by atoms with van der Waals surface area (Å²) in [7, 11) is 0. The van der Waals surface area contributed by atoms with Crippen molar-refractivity contribution in [3.05, 3.63) is 64.1 Å². The predicted octanol–water partition coefficient (Wildman–Crippen LogP) is 0.742. The van der Waals surface area contributed by atoms with Gasteiger partial charge in [-0.05, 0) is 18.1 Å². The lowest BCUT2D eigenvalue weighted by Gasteiger charge is -2.04. The van der Waals surface area contributed by atoms with E-state index in [1.807, 2.05) is 30.3 Å². The maximum atomic E-state index is 11.7. The third kappa shape index (κ3) is 3.28. The van der Waals surface area contributed by atoms with Crippen LogP contribution in [0.2, 0.25) is 0 Å². The standard InChI is InChI=1S/C13H13N3O2/c17-12-7-6-11(15-16-12)13(18)14-9-8-10-4-2-1-3-5-10/h1-7H,8-9H2,(H,14,18)(H,16,17). The van der Waals surface area contributed by atoms with Crippen LogP contribution in [0.3, 0.4) is 0 Å². The first kappa shape index (κ1) is 12.0. The lowest BCUT2D eigenvalue weighted by molar-refractivity contribution is 0.0948. The van der Waals surface area contributed by atoms with Crippen LogP contribution in [-0.2, 0) is 6.42 Å². The topological polar surface area (TPSA) is 74.8 Å². The van der Waals surface area contributed by atoms with Gasteiger partial charge < -0.3 is 5.32 Å². The summed E-state index contributed by atoms with van der Waals surface area (Å²) in [5.41, 5.74) is 1.05. The van der Waals surface area contributed by atoms with E-state index >= 15 is 0 Å². The Kier molecular flexibility index (Phi) is 3.86. The van der Waals surface area contributed by atoms with E-state index in [9.17, 15) is 9.59 Å². The van der Waals surface area contributed by atoms with Gasteiger partial charge in [-0.2, -0.15) is 5.10 Å². The van der Waals surface area contributed by atoms with E-state index in [-0.39, 0.29) is 17.2 Å². The molecule has 1 amide bonds. The third-order valence-corrected chi connectivity index (χ3v) is 2.45. The van der Waals surface area contributed by atoms with Crippen molar-refractivity contribution in [1.82, 2.24) is 15.5 Å². The molecule has 1 heterocycles. The van der Waals surface area contributed by atoms with Gasteiger partial charge >= 0.3 is 0 Å². The van der Waals surface area contributed by atoms with E-state index in [1.54, 1.807) is 0 Å². The Morgan fingerprint density at radius 3 is 2.61 bits per heavy atom. The Balaban J connectivity index is 1.85. The molecule has 0 bridgehead atoms. The number of rotatable bonds is 4. The molecule has 0 fully saturated rings. The zero-order valence-electron chi connectivity index (χ0n) is 9.72. The van der Waals surface area contributed by atoms with Crippen LogP contribution in [0, 0.1) is 0 Å². The molecular weight excluding hydrogens is 230 g/mol. The summed E-state index contributed by atoms with van der Waals surface area (Å²) in [5.74, 6) is -0.290. The molecule has 0 spiro atoms. The second-order valence-corrected chi connectivity index (χ2v) is 3.80. The Hall–Kier alpha value is -2.43. The van der Waals surface area contributed by atoms with Gasteiger partial charge in [0.1, 0.15) is 5.69 Å². The predicted molar refractivity (Wildman–Crippen MR) is 67.3 cm³/mol. The zero-order chi connectivity index (χ0) is 12.8. The molecule has 2 N–H and O–H groups in total. The van der Waals surface area contributed by atoms with E-state index in [4.69, 9.17) is 0 Å². The van der Waals surface area contributed by atoms with Crippen molar-refractivity contribution in [2.75, 3.05) is 6.54 Å². The highest BCUT2D eigenvalue weighted by Crippen LogP contribution is 1.98. The zero-order valence-corrected chi connectivity index (χ0v) is 9.72. The fourth-order valence-corrected chi connectivity index (χ4v) is 1.53. The number of aromatic amines is 1. The number of nitrogens with one attached hydrogen (secondary N) is 2.